The fraction of sp³-hybridized carbons (Fsp3) is 0. The van der Waals surface area contributed by atoms with Crippen molar-refractivity contribution in [3.63, 3.8) is 0 Å². The molecule has 0 fully saturated rings. The molecule has 1 aromatic carbocycles. The van der Waals surface area contributed by atoms with E-state index >= 15 is 0 Å². The minimum absolute atomic E-state index is 0.184. The Morgan fingerprint density at radius 2 is 2.05 bits per heavy atom. The van der Waals surface area contributed by atoms with Crippen molar-refractivity contribution in [3.05, 3.63) is 34.8 Å². The van der Waals surface area contributed by atoms with Gasteiger partial charge in [0.25, 0.3) is 0 Å². The van der Waals surface area contributed by atoms with Gasteiger partial charge in [-0.3, -0.25) is 4.79 Å². The topological polar surface area (TPSA) is 87.1 Å². The molecule has 0 radical (unpaired) electrons. The van der Waals surface area contributed by atoms with Crippen molar-refractivity contribution in [1.29, 1.82) is 5.26 Å². The molecule has 1 heterocycles. The van der Waals surface area contributed by atoms with E-state index in [1.165, 1.54) is 6.07 Å². The van der Waals surface area contributed by atoms with Gasteiger partial charge in [0.1, 0.15) is 11.6 Å². The third-order valence-electron chi connectivity index (χ3n) is 2.32. The van der Waals surface area contributed by atoms with Crippen LogP contribution in [0.5, 0.6) is 5.75 Å². The molecule has 19 heavy (non-hydrogen) atoms. The summed E-state index contributed by atoms with van der Waals surface area (Å²) < 4.78 is 44.2. The van der Waals surface area contributed by atoms with Gasteiger partial charge >= 0.3 is 0 Å². The minimum atomic E-state index is -1.77. The molecule has 0 aliphatic rings. The smallest absolute Gasteiger partial charge is 0.203 e. The molecule has 1 aromatic heterocycles. The van der Waals surface area contributed by atoms with Crippen LogP contribution in [-0.4, -0.2) is 16.5 Å². The third-order valence-corrected chi connectivity index (χ3v) is 2.32. The van der Waals surface area contributed by atoms with E-state index in [1.807, 2.05) is 0 Å². The predicted octanol–water partition coefficient (Wildman–Crippen LogP) is 2.15. The van der Waals surface area contributed by atoms with Crippen molar-refractivity contribution in [2.24, 2.45) is 0 Å². The van der Waals surface area contributed by atoms with Gasteiger partial charge in [-0.2, -0.15) is 9.65 Å². The average Bonchev–Trinajstić information content (AvgIpc) is 2.83. The summed E-state index contributed by atoms with van der Waals surface area (Å²) in [6.45, 7) is 0. The number of phenols is 1. The van der Waals surface area contributed by atoms with Gasteiger partial charge < -0.3 is 9.63 Å². The molecule has 0 unspecified atom stereocenters. The van der Waals surface area contributed by atoms with E-state index in [1.54, 1.807) is 0 Å². The third kappa shape index (κ3) is 1.81. The van der Waals surface area contributed by atoms with E-state index in [0.29, 0.717) is 6.07 Å². The molecule has 0 bridgehead atoms. The number of nitrogens with zero attached hydrogens (tertiary/aromatic N) is 2. The SMILES string of the molecule is N#Cc1c(C=O)noc1-c1cc(F)c(F)c(O)c1F. The van der Waals surface area contributed by atoms with Crippen molar-refractivity contribution in [2.45, 2.75) is 0 Å². The maximum Gasteiger partial charge on any atom is 0.203 e. The molecule has 0 saturated heterocycles. The number of carbonyl (C=O) groups is 1. The van der Waals surface area contributed by atoms with Crippen LogP contribution in [0.15, 0.2) is 10.6 Å². The van der Waals surface area contributed by atoms with Crippen LogP contribution in [0.25, 0.3) is 11.3 Å². The first kappa shape index (κ1) is 12.6. The first-order chi connectivity index (χ1) is 9.01. The predicted molar refractivity (Wildman–Crippen MR) is 53.6 cm³/mol. The fourth-order valence-corrected chi connectivity index (χ4v) is 1.43. The number of aldehydes is 1. The summed E-state index contributed by atoms with van der Waals surface area (Å²) in [6, 6.07) is 1.91. The largest absolute Gasteiger partial charge is 0.503 e. The van der Waals surface area contributed by atoms with Gasteiger partial charge in [-0.05, 0) is 6.07 Å². The van der Waals surface area contributed by atoms with Crippen LogP contribution in [0.3, 0.4) is 0 Å². The first-order valence-electron chi connectivity index (χ1n) is 4.73. The average molecular weight is 268 g/mol. The molecule has 1 N–H and O–H groups in total. The molecular formula is C11H3F3N2O3. The molecule has 0 aliphatic carbocycles. The first-order valence-corrected chi connectivity index (χ1v) is 4.73. The molecule has 0 amide bonds. The number of phenolic OH excluding ortho intramolecular Hbond substituents is 1. The van der Waals surface area contributed by atoms with Crippen LogP contribution in [0.2, 0.25) is 0 Å². The van der Waals surface area contributed by atoms with Gasteiger partial charge in [0.05, 0.1) is 5.56 Å². The Morgan fingerprint density at radius 1 is 1.37 bits per heavy atom. The van der Waals surface area contributed by atoms with Crippen LogP contribution in [0.1, 0.15) is 16.1 Å². The van der Waals surface area contributed by atoms with Crippen LogP contribution in [-0.2, 0) is 0 Å². The lowest BCUT2D eigenvalue weighted by Gasteiger charge is -2.03. The molecule has 0 spiro atoms. The number of nitriles is 1. The number of carbonyl (C=O) groups excluding carboxylic acids is 1. The van der Waals surface area contributed by atoms with Gasteiger partial charge in [0.15, 0.2) is 35.1 Å². The second kappa shape index (κ2) is 4.45. The standard InChI is InChI=1S/C11H3F3N2O3/c12-6-1-4(8(13)10(18)9(6)14)11-5(2-15)7(3-17)16-19-11/h1,3,18H. The maximum atomic E-state index is 13.6. The zero-order valence-corrected chi connectivity index (χ0v) is 8.95. The number of aromatic hydroxyl groups is 1. The zero-order chi connectivity index (χ0) is 14.2. The molecule has 0 saturated carbocycles. The lowest BCUT2D eigenvalue weighted by Crippen LogP contribution is -1.94. The molecule has 0 aliphatic heterocycles. The van der Waals surface area contributed by atoms with Crippen LogP contribution in [0, 0.1) is 28.8 Å². The minimum Gasteiger partial charge on any atom is -0.503 e. The molecule has 8 heteroatoms. The number of benzene rings is 1. The second-order valence-electron chi connectivity index (χ2n) is 3.38. The number of rotatable bonds is 2. The second-order valence-corrected chi connectivity index (χ2v) is 3.38. The Kier molecular flexibility index (Phi) is 2.96. The van der Waals surface area contributed by atoms with Crippen molar-refractivity contribution < 1.29 is 27.6 Å². The summed E-state index contributed by atoms with van der Waals surface area (Å²) in [4.78, 5) is 10.6. The summed E-state index contributed by atoms with van der Waals surface area (Å²) in [5, 5.41) is 21.0. The van der Waals surface area contributed by atoms with Crippen LogP contribution >= 0.6 is 0 Å². The zero-order valence-electron chi connectivity index (χ0n) is 8.95. The van der Waals surface area contributed by atoms with Crippen LogP contribution in [0.4, 0.5) is 13.2 Å². The summed E-state index contributed by atoms with van der Waals surface area (Å²) in [6.07, 6.45) is 0.184. The summed E-state index contributed by atoms with van der Waals surface area (Å²) in [5.74, 6) is -6.96. The Morgan fingerprint density at radius 3 is 2.63 bits per heavy atom. The Balaban J connectivity index is 2.77. The molecule has 96 valence electrons. The highest BCUT2D eigenvalue weighted by Crippen LogP contribution is 2.34. The molecular weight excluding hydrogens is 265 g/mol. The summed E-state index contributed by atoms with van der Waals surface area (Å²) in [7, 11) is 0. The van der Waals surface area contributed by atoms with E-state index in [9.17, 15) is 18.0 Å². The molecule has 0 atom stereocenters. The lowest BCUT2D eigenvalue weighted by atomic mass is 10.1. The van der Waals surface area contributed by atoms with Crippen molar-refractivity contribution in [1.82, 2.24) is 5.16 Å². The van der Waals surface area contributed by atoms with E-state index in [0.717, 1.165) is 0 Å². The van der Waals surface area contributed by atoms with E-state index in [-0.39, 0.29) is 6.29 Å². The Bertz CT molecular complexity index is 719. The van der Waals surface area contributed by atoms with Crippen molar-refractivity contribution in [2.75, 3.05) is 0 Å². The quantitative estimate of drug-likeness (QED) is 0.666. The van der Waals surface area contributed by atoms with Crippen molar-refractivity contribution >= 4 is 6.29 Å². The van der Waals surface area contributed by atoms with Gasteiger partial charge in [-0.1, -0.05) is 5.16 Å². The van der Waals surface area contributed by atoms with Gasteiger partial charge in [0.2, 0.25) is 5.82 Å². The number of hydrogen-bond acceptors (Lipinski definition) is 5. The lowest BCUT2D eigenvalue weighted by molar-refractivity contribution is 0.111. The van der Waals surface area contributed by atoms with E-state index in [4.69, 9.17) is 10.4 Å². The highest BCUT2D eigenvalue weighted by molar-refractivity contribution is 5.81. The Hall–Kier alpha value is -2.82. The number of halogens is 3. The highest BCUT2D eigenvalue weighted by atomic mass is 19.2. The van der Waals surface area contributed by atoms with E-state index < -0.39 is 45.8 Å². The number of aromatic nitrogens is 1. The van der Waals surface area contributed by atoms with Gasteiger partial charge in [-0.15, -0.1) is 0 Å². The normalized spacial score (nSPS) is 10.2. The van der Waals surface area contributed by atoms with E-state index in [2.05, 4.69) is 9.68 Å². The van der Waals surface area contributed by atoms with Crippen molar-refractivity contribution in [3.8, 4) is 23.1 Å². The summed E-state index contributed by atoms with van der Waals surface area (Å²) >= 11 is 0. The molecule has 2 rings (SSSR count). The summed E-state index contributed by atoms with van der Waals surface area (Å²) in [5.41, 5.74) is -1.58. The maximum absolute atomic E-state index is 13.6. The number of hydrogen-bond donors (Lipinski definition) is 1. The van der Waals surface area contributed by atoms with Gasteiger partial charge in [0, 0.05) is 0 Å². The molecule has 2 aromatic rings. The Labute approximate surface area is 103 Å². The highest BCUT2D eigenvalue weighted by Gasteiger charge is 2.25. The monoisotopic (exact) mass is 268 g/mol. The van der Waals surface area contributed by atoms with Crippen LogP contribution < -0.4 is 0 Å². The molecule has 5 nitrogen and oxygen atoms in total. The van der Waals surface area contributed by atoms with Gasteiger partial charge in [-0.25, -0.2) is 8.78 Å². The fourth-order valence-electron chi connectivity index (χ4n) is 1.43.